The zero-order chi connectivity index (χ0) is 37.0. The molecule has 0 spiro atoms. The second kappa shape index (κ2) is 13.2. The smallest absolute Gasteiger partial charge is 0.166 e. The third-order valence-electron chi connectivity index (χ3n) is 10.4. The molecule has 0 amide bonds. The first-order valence-electron chi connectivity index (χ1n) is 18.5. The van der Waals surface area contributed by atoms with Crippen molar-refractivity contribution in [1.82, 2.24) is 19.9 Å². The van der Waals surface area contributed by atoms with Gasteiger partial charge in [0.05, 0.1) is 5.69 Å². The van der Waals surface area contributed by atoms with Crippen LogP contribution in [0.3, 0.4) is 0 Å². The lowest BCUT2D eigenvalue weighted by molar-refractivity contribution is 0.669. The second-order valence-electron chi connectivity index (χ2n) is 13.8. The molecule has 0 fully saturated rings. The van der Waals surface area contributed by atoms with E-state index in [9.17, 15) is 0 Å². The topological polar surface area (TPSA) is 64.7 Å². The fraction of sp³-hybridized carbons (Fsp3) is 0. The van der Waals surface area contributed by atoms with Gasteiger partial charge in [0.1, 0.15) is 11.2 Å². The molecule has 4 heterocycles. The van der Waals surface area contributed by atoms with E-state index in [0.717, 1.165) is 72.1 Å². The van der Waals surface area contributed by atoms with Gasteiger partial charge in [0.15, 0.2) is 17.5 Å². The van der Waals surface area contributed by atoms with E-state index in [1.54, 1.807) is 11.3 Å². The van der Waals surface area contributed by atoms with Crippen LogP contribution in [0, 0.1) is 0 Å². The third kappa shape index (κ3) is 5.54. The van der Waals surface area contributed by atoms with E-state index in [2.05, 4.69) is 133 Å². The Balaban J connectivity index is 1.08. The van der Waals surface area contributed by atoms with E-state index in [4.69, 9.17) is 24.4 Å². The van der Waals surface area contributed by atoms with Crippen LogP contribution in [0.1, 0.15) is 0 Å². The number of benzene rings is 7. The summed E-state index contributed by atoms with van der Waals surface area (Å²) in [6.07, 6.45) is 1.83. The van der Waals surface area contributed by atoms with Crippen molar-refractivity contribution in [3.63, 3.8) is 0 Å². The molecule has 262 valence electrons. The van der Waals surface area contributed by atoms with Crippen LogP contribution in [0.5, 0.6) is 0 Å². The summed E-state index contributed by atoms with van der Waals surface area (Å²) in [6, 6.07) is 60.8. The highest BCUT2D eigenvalue weighted by Gasteiger charge is 2.19. The largest absolute Gasteiger partial charge is 0.456 e. The van der Waals surface area contributed by atoms with Gasteiger partial charge in [-0.15, -0.1) is 11.3 Å². The summed E-state index contributed by atoms with van der Waals surface area (Å²) in [5.41, 5.74) is 10.5. The van der Waals surface area contributed by atoms with E-state index in [1.165, 1.54) is 20.2 Å². The van der Waals surface area contributed by atoms with E-state index >= 15 is 0 Å². The minimum absolute atomic E-state index is 0.548. The summed E-state index contributed by atoms with van der Waals surface area (Å²) in [5, 5.41) is 4.59. The highest BCUT2D eigenvalue weighted by atomic mass is 32.1. The molecule has 11 rings (SSSR count). The minimum Gasteiger partial charge on any atom is -0.456 e. The minimum atomic E-state index is 0.548. The quantitative estimate of drug-likeness (QED) is 0.170. The average molecular weight is 735 g/mol. The number of furan rings is 1. The molecule has 0 aliphatic carbocycles. The van der Waals surface area contributed by atoms with Crippen molar-refractivity contribution in [1.29, 1.82) is 0 Å². The molecule has 6 heteroatoms. The molecule has 0 saturated carbocycles. The van der Waals surface area contributed by atoms with Crippen LogP contribution in [-0.2, 0) is 0 Å². The van der Waals surface area contributed by atoms with Crippen molar-refractivity contribution in [2.45, 2.75) is 0 Å². The highest BCUT2D eigenvalue weighted by molar-refractivity contribution is 7.25. The van der Waals surface area contributed by atoms with Gasteiger partial charge in [-0.3, -0.25) is 4.98 Å². The Hall–Kier alpha value is -7.28. The predicted molar refractivity (Wildman–Crippen MR) is 230 cm³/mol. The number of rotatable bonds is 6. The van der Waals surface area contributed by atoms with Crippen molar-refractivity contribution < 1.29 is 4.42 Å². The molecule has 56 heavy (non-hydrogen) atoms. The standard InChI is InChI=1S/C50H30N4OS/c1-3-11-31(12-4-1)32-20-22-34(23-21-32)48-52-49(36-24-26-39-43(30-36)55-42-18-9-16-37(46(39)42)33-13-5-2-6-14-33)54-50(53-48)40-17-10-28-51-47(40)35-25-27-45-41(29-35)38-15-7-8-19-44(38)56-45/h1-30H. The Morgan fingerprint density at radius 2 is 1.02 bits per heavy atom. The van der Waals surface area contributed by atoms with Crippen molar-refractivity contribution in [3.8, 4) is 67.7 Å². The summed E-state index contributed by atoms with van der Waals surface area (Å²) in [7, 11) is 0. The molecule has 0 bridgehead atoms. The lowest BCUT2D eigenvalue weighted by Gasteiger charge is -2.12. The summed E-state index contributed by atoms with van der Waals surface area (Å²) in [5.74, 6) is 1.68. The van der Waals surface area contributed by atoms with Crippen LogP contribution in [0.15, 0.2) is 187 Å². The van der Waals surface area contributed by atoms with Crippen molar-refractivity contribution in [2.75, 3.05) is 0 Å². The maximum atomic E-state index is 6.52. The number of nitrogens with zero attached hydrogens (tertiary/aromatic N) is 4. The summed E-state index contributed by atoms with van der Waals surface area (Å²) in [6.45, 7) is 0. The number of thiophene rings is 1. The average Bonchev–Trinajstić information content (AvgIpc) is 3.85. The van der Waals surface area contributed by atoms with Crippen molar-refractivity contribution in [3.05, 3.63) is 182 Å². The first-order chi connectivity index (χ1) is 27.7. The van der Waals surface area contributed by atoms with Gasteiger partial charge >= 0.3 is 0 Å². The van der Waals surface area contributed by atoms with Gasteiger partial charge in [-0.2, -0.15) is 0 Å². The van der Waals surface area contributed by atoms with Crippen LogP contribution in [0.2, 0.25) is 0 Å². The first kappa shape index (κ1) is 32.2. The second-order valence-corrected chi connectivity index (χ2v) is 14.9. The lowest BCUT2D eigenvalue weighted by atomic mass is 9.99. The summed E-state index contributed by atoms with van der Waals surface area (Å²) in [4.78, 5) is 20.4. The molecular formula is C50H30N4OS. The zero-order valence-corrected chi connectivity index (χ0v) is 30.7. The van der Waals surface area contributed by atoms with Crippen molar-refractivity contribution in [2.24, 2.45) is 0 Å². The van der Waals surface area contributed by atoms with E-state index in [0.29, 0.717) is 17.5 Å². The molecule has 11 aromatic rings. The summed E-state index contributed by atoms with van der Waals surface area (Å²) < 4.78 is 9.03. The van der Waals surface area contributed by atoms with Gasteiger partial charge in [-0.1, -0.05) is 127 Å². The maximum Gasteiger partial charge on any atom is 0.166 e. The number of hydrogen-bond acceptors (Lipinski definition) is 6. The van der Waals surface area contributed by atoms with Crippen LogP contribution in [0.4, 0.5) is 0 Å². The lowest BCUT2D eigenvalue weighted by Crippen LogP contribution is -2.01. The fourth-order valence-electron chi connectivity index (χ4n) is 7.71. The molecular weight excluding hydrogens is 705 g/mol. The molecule has 0 aliphatic heterocycles. The molecule has 0 atom stereocenters. The molecule has 0 radical (unpaired) electrons. The summed E-state index contributed by atoms with van der Waals surface area (Å²) >= 11 is 1.81. The van der Waals surface area contributed by atoms with Crippen LogP contribution in [0.25, 0.3) is 110 Å². The Bertz CT molecular complexity index is 3240. The SMILES string of the molecule is c1ccc(-c2ccc(-c3nc(-c4ccc5c(c4)oc4cccc(-c6ccccc6)c45)nc(-c4cccnc4-c4ccc5sc6ccccc6c5c4)n3)cc2)cc1. The molecule has 4 aromatic heterocycles. The number of aromatic nitrogens is 4. The van der Waals surface area contributed by atoms with Crippen LogP contribution in [-0.4, -0.2) is 19.9 Å². The van der Waals surface area contributed by atoms with Crippen LogP contribution >= 0.6 is 11.3 Å². The third-order valence-corrected chi connectivity index (χ3v) is 11.6. The highest BCUT2D eigenvalue weighted by Crippen LogP contribution is 2.40. The zero-order valence-electron chi connectivity index (χ0n) is 29.9. The molecule has 5 nitrogen and oxygen atoms in total. The molecule has 7 aromatic carbocycles. The number of pyridine rings is 1. The molecule has 0 N–H and O–H groups in total. The maximum absolute atomic E-state index is 6.52. The van der Waals surface area contributed by atoms with Gasteiger partial charge in [0.2, 0.25) is 0 Å². The fourth-order valence-corrected chi connectivity index (χ4v) is 8.80. The molecule has 0 unspecified atom stereocenters. The van der Waals surface area contributed by atoms with Crippen LogP contribution < -0.4 is 0 Å². The van der Waals surface area contributed by atoms with E-state index in [-0.39, 0.29) is 0 Å². The Kier molecular flexibility index (Phi) is 7.60. The monoisotopic (exact) mass is 734 g/mol. The van der Waals surface area contributed by atoms with Crippen molar-refractivity contribution >= 4 is 53.4 Å². The molecule has 0 aliphatic rings. The Morgan fingerprint density at radius 3 is 1.86 bits per heavy atom. The van der Waals surface area contributed by atoms with E-state index < -0.39 is 0 Å². The first-order valence-corrected chi connectivity index (χ1v) is 19.4. The van der Waals surface area contributed by atoms with E-state index in [1.807, 2.05) is 48.7 Å². The predicted octanol–water partition coefficient (Wildman–Crippen LogP) is 13.5. The Morgan fingerprint density at radius 1 is 0.375 bits per heavy atom. The van der Waals surface area contributed by atoms with Gasteiger partial charge < -0.3 is 4.42 Å². The van der Waals surface area contributed by atoms with Gasteiger partial charge in [0, 0.05) is 59.4 Å². The Labute approximate surface area is 326 Å². The number of hydrogen-bond donors (Lipinski definition) is 0. The molecule has 0 saturated heterocycles. The van der Waals surface area contributed by atoms with Gasteiger partial charge in [-0.25, -0.2) is 15.0 Å². The number of fused-ring (bicyclic) bond motifs is 6. The normalized spacial score (nSPS) is 11.6. The van der Waals surface area contributed by atoms with Gasteiger partial charge in [-0.05, 0) is 70.8 Å². The van der Waals surface area contributed by atoms with Gasteiger partial charge in [0.25, 0.3) is 0 Å².